The summed E-state index contributed by atoms with van der Waals surface area (Å²) in [5.74, 6) is 0.820. The van der Waals surface area contributed by atoms with Crippen molar-refractivity contribution in [1.82, 2.24) is 0 Å². The summed E-state index contributed by atoms with van der Waals surface area (Å²) in [7, 11) is 0.372. The molecule has 0 N–H and O–H groups in total. The molecule has 18 heavy (non-hydrogen) atoms. The minimum Gasteiger partial charge on any atom is -0.494 e. The number of hydrogen-bond acceptors (Lipinski definition) is 4. The predicted molar refractivity (Wildman–Crippen MR) is 73.2 cm³/mol. The highest BCUT2D eigenvalue weighted by molar-refractivity contribution is 6.75. The van der Waals surface area contributed by atoms with Gasteiger partial charge in [0.1, 0.15) is 5.75 Å². The third kappa shape index (κ3) is 3.43. The molecule has 1 aromatic rings. The lowest BCUT2D eigenvalue weighted by atomic mass is 10.3. The van der Waals surface area contributed by atoms with Crippen LogP contribution < -0.4 is 9.92 Å². The van der Waals surface area contributed by atoms with E-state index < -0.39 is 8.80 Å². The highest BCUT2D eigenvalue weighted by Gasteiger charge is 2.41. The molecule has 0 aliphatic carbocycles. The van der Waals surface area contributed by atoms with Gasteiger partial charge in [-0.3, -0.25) is 0 Å². The van der Waals surface area contributed by atoms with Gasteiger partial charge in [0.15, 0.2) is 0 Å². The quantitative estimate of drug-likeness (QED) is 0.531. The zero-order chi connectivity index (χ0) is 13.4. The molecule has 0 saturated heterocycles. The van der Waals surface area contributed by atoms with Crippen molar-refractivity contribution in [1.29, 1.82) is 0 Å². The van der Waals surface area contributed by atoms with E-state index in [0.717, 1.165) is 10.9 Å². The maximum absolute atomic E-state index is 5.70. The monoisotopic (exact) mass is 268 g/mol. The smallest absolute Gasteiger partial charge is 0.494 e. The van der Waals surface area contributed by atoms with Crippen LogP contribution in [0.1, 0.15) is 6.92 Å². The van der Waals surface area contributed by atoms with Crippen LogP contribution >= 0.6 is 0 Å². The average Bonchev–Trinajstić information content (AvgIpc) is 2.42. The van der Waals surface area contributed by atoms with Crippen molar-refractivity contribution in [3.8, 4) is 5.75 Å². The first-order valence-corrected chi connectivity index (χ1v) is 7.53. The topological polar surface area (TPSA) is 36.9 Å². The molecule has 5 heteroatoms. The highest BCUT2D eigenvalue weighted by atomic mass is 28.4. The summed E-state index contributed by atoms with van der Waals surface area (Å²) in [5.41, 5.74) is 0. The maximum Gasteiger partial charge on any atom is 0.536 e. The summed E-state index contributed by atoms with van der Waals surface area (Å²) in [6.45, 7) is 6.61. The molecule has 0 radical (unpaired) electrons. The first kappa shape index (κ1) is 14.9. The second kappa shape index (κ2) is 7.33. The summed E-state index contributed by atoms with van der Waals surface area (Å²) >= 11 is 0. The van der Waals surface area contributed by atoms with Crippen LogP contribution in [0.15, 0.2) is 36.9 Å². The summed E-state index contributed by atoms with van der Waals surface area (Å²) < 4.78 is 22.1. The standard InChI is InChI=1S/C13H20O4Si/c1-5-11-17-18(14-3,15-4)13-9-7-12(8-10-13)16-6-2/h5,7-10H,1,6,11H2,2-4H3. The molecule has 0 fully saturated rings. The van der Waals surface area contributed by atoms with E-state index in [1.54, 1.807) is 20.3 Å². The summed E-state index contributed by atoms with van der Waals surface area (Å²) in [5, 5.41) is 0.901. The van der Waals surface area contributed by atoms with E-state index in [0.29, 0.717) is 13.2 Å². The van der Waals surface area contributed by atoms with Gasteiger partial charge in [-0.2, -0.15) is 0 Å². The largest absolute Gasteiger partial charge is 0.536 e. The fraction of sp³-hybridized carbons (Fsp3) is 0.385. The number of benzene rings is 1. The van der Waals surface area contributed by atoms with Crippen molar-refractivity contribution in [3.63, 3.8) is 0 Å². The van der Waals surface area contributed by atoms with Crippen molar-refractivity contribution < 1.29 is 18.0 Å². The van der Waals surface area contributed by atoms with Gasteiger partial charge in [0.25, 0.3) is 0 Å². The van der Waals surface area contributed by atoms with Crippen LogP contribution in [0.4, 0.5) is 0 Å². The van der Waals surface area contributed by atoms with Crippen molar-refractivity contribution in [2.45, 2.75) is 6.92 Å². The second-order valence-electron chi connectivity index (χ2n) is 3.52. The fourth-order valence-corrected chi connectivity index (χ4v) is 3.56. The van der Waals surface area contributed by atoms with E-state index in [1.807, 2.05) is 31.2 Å². The van der Waals surface area contributed by atoms with Crippen molar-refractivity contribution in [3.05, 3.63) is 36.9 Å². The Balaban J connectivity index is 2.94. The Morgan fingerprint density at radius 2 is 1.78 bits per heavy atom. The van der Waals surface area contributed by atoms with Gasteiger partial charge in [0, 0.05) is 19.4 Å². The van der Waals surface area contributed by atoms with Crippen LogP contribution in [0.2, 0.25) is 0 Å². The minimum absolute atomic E-state index is 0.390. The van der Waals surface area contributed by atoms with Gasteiger partial charge in [0.05, 0.1) is 13.2 Å². The summed E-state index contributed by atoms with van der Waals surface area (Å²) in [4.78, 5) is 0. The normalized spacial score (nSPS) is 11.3. The van der Waals surface area contributed by atoms with Crippen LogP contribution in [0, 0.1) is 0 Å². The van der Waals surface area contributed by atoms with E-state index >= 15 is 0 Å². The Morgan fingerprint density at radius 3 is 2.22 bits per heavy atom. The molecule has 0 unspecified atom stereocenters. The second-order valence-corrected chi connectivity index (χ2v) is 6.32. The predicted octanol–water partition coefficient (Wildman–Crippen LogP) is 1.73. The molecule has 0 spiro atoms. The number of rotatable bonds is 8. The molecule has 100 valence electrons. The molecule has 0 bridgehead atoms. The third-order valence-electron chi connectivity index (χ3n) is 2.45. The maximum atomic E-state index is 5.70. The van der Waals surface area contributed by atoms with E-state index in [-0.39, 0.29) is 0 Å². The molecule has 0 aliphatic heterocycles. The first-order valence-electron chi connectivity index (χ1n) is 5.81. The third-order valence-corrected chi connectivity index (χ3v) is 5.11. The van der Waals surface area contributed by atoms with Gasteiger partial charge in [-0.1, -0.05) is 18.2 Å². The Kier molecular flexibility index (Phi) is 6.07. The van der Waals surface area contributed by atoms with Crippen LogP contribution in [0.3, 0.4) is 0 Å². The van der Waals surface area contributed by atoms with Gasteiger partial charge in [-0.15, -0.1) is 6.58 Å². The molecule has 0 atom stereocenters. The lowest BCUT2D eigenvalue weighted by Crippen LogP contribution is -2.55. The van der Waals surface area contributed by atoms with Gasteiger partial charge in [0.2, 0.25) is 0 Å². The van der Waals surface area contributed by atoms with Crippen LogP contribution in [-0.2, 0) is 13.3 Å². The zero-order valence-electron chi connectivity index (χ0n) is 11.1. The average molecular weight is 268 g/mol. The fourth-order valence-electron chi connectivity index (χ4n) is 1.61. The highest BCUT2D eigenvalue weighted by Crippen LogP contribution is 2.13. The Hall–Kier alpha value is -1.14. The van der Waals surface area contributed by atoms with Gasteiger partial charge in [-0.25, -0.2) is 0 Å². The Morgan fingerprint density at radius 1 is 1.17 bits per heavy atom. The van der Waals surface area contributed by atoms with E-state index in [1.165, 1.54) is 0 Å². The molecule has 4 nitrogen and oxygen atoms in total. The van der Waals surface area contributed by atoms with Gasteiger partial charge in [-0.05, 0) is 19.1 Å². The number of ether oxygens (including phenoxy) is 1. The van der Waals surface area contributed by atoms with Crippen molar-refractivity contribution >= 4 is 14.0 Å². The number of hydrogen-bond donors (Lipinski definition) is 0. The van der Waals surface area contributed by atoms with Gasteiger partial charge >= 0.3 is 8.80 Å². The van der Waals surface area contributed by atoms with Crippen LogP contribution in [0.5, 0.6) is 5.75 Å². The first-order chi connectivity index (χ1) is 8.72. The lowest BCUT2D eigenvalue weighted by Gasteiger charge is -2.26. The zero-order valence-corrected chi connectivity index (χ0v) is 12.1. The van der Waals surface area contributed by atoms with Crippen LogP contribution in [0.25, 0.3) is 0 Å². The molecule has 0 aliphatic rings. The molecule has 0 amide bonds. The molecule has 0 aromatic heterocycles. The SMILES string of the molecule is C=CCO[Si](OC)(OC)c1ccc(OCC)cc1. The molecule has 1 rings (SSSR count). The van der Waals surface area contributed by atoms with E-state index in [2.05, 4.69) is 6.58 Å². The molecular formula is C13H20O4Si. The van der Waals surface area contributed by atoms with Crippen molar-refractivity contribution in [2.75, 3.05) is 27.4 Å². The molecule has 1 aromatic carbocycles. The Labute approximate surface area is 110 Å². The molecule has 0 heterocycles. The van der Waals surface area contributed by atoms with Gasteiger partial charge < -0.3 is 18.0 Å². The van der Waals surface area contributed by atoms with Crippen LogP contribution in [-0.4, -0.2) is 36.2 Å². The summed E-state index contributed by atoms with van der Waals surface area (Å²) in [6, 6.07) is 7.59. The lowest BCUT2D eigenvalue weighted by molar-refractivity contribution is 0.126. The van der Waals surface area contributed by atoms with E-state index in [4.69, 9.17) is 18.0 Å². The Bertz CT molecular complexity index is 360. The minimum atomic E-state index is -2.81. The van der Waals surface area contributed by atoms with Crippen molar-refractivity contribution in [2.24, 2.45) is 0 Å². The molecular weight excluding hydrogens is 248 g/mol. The summed E-state index contributed by atoms with van der Waals surface area (Å²) in [6.07, 6.45) is 1.67. The molecule has 0 saturated carbocycles. The van der Waals surface area contributed by atoms with E-state index in [9.17, 15) is 0 Å².